The van der Waals surface area contributed by atoms with Crippen LogP contribution >= 0.6 is 11.3 Å². The molecule has 9 aromatic carbocycles. The van der Waals surface area contributed by atoms with E-state index in [0.29, 0.717) is 0 Å². The number of hydrogen-bond acceptors (Lipinski definition) is 2. The summed E-state index contributed by atoms with van der Waals surface area (Å²) in [5.74, 6) is 0. The van der Waals surface area contributed by atoms with Gasteiger partial charge >= 0.3 is 0 Å². The zero-order valence-corrected chi connectivity index (χ0v) is 31.5. The first-order chi connectivity index (χ1) is 27.8. The molecule has 1 nitrogen and oxygen atoms in total. The fourth-order valence-corrected chi connectivity index (χ4v) is 9.33. The van der Waals surface area contributed by atoms with Crippen LogP contribution in [0.1, 0.15) is 0 Å². The van der Waals surface area contributed by atoms with Crippen LogP contribution < -0.4 is 4.90 Å². The molecule has 0 saturated heterocycles. The predicted octanol–water partition coefficient (Wildman–Crippen LogP) is 15.9. The molecule has 0 fully saturated rings. The number of thiophene rings is 1. The van der Waals surface area contributed by atoms with Crippen molar-refractivity contribution in [2.24, 2.45) is 0 Å². The third-order valence-electron chi connectivity index (χ3n) is 10.7. The maximum atomic E-state index is 2.51. The van der Waals surface area contributed by atoms with Crippen molar-refractivity contribution in [3.63, 3.8) is 0 Å². The molecule has 0 aliphatic heterocycles. The van der Waals surface area contributed by atoms with E-state index >= 15 is 0 Å². The number of nitrogens with zero attached hydrogens (tertiary/aromatic N) is 1. The molecule has 1 aromatic heterocycles. The van der Waals surface area contributed by atoms with Gasteiger partial charge in [-0.05, 0) is 68.8 Å². The van der Waals surface area contributed by atoms with Gasteiger partial charge in [0.05, 0.1) is 21.8 Å². The molecule has 0 atom stereocenters. The first-order valence-electron chi connectivity index (χ1n) is 19.1. The van der Waals surface area contributed by atoms with Gasteiger partial charge in [0.15, 0.2) is 0 Å². The van der Waals surface area contributed by atoms with E-state index in [9.17, 15) is 0 Å². The number of rotatable bonds is 8. The second-order valence-electron chi connectivity index (χ2n) is 14.0. The summed E-state index contributed by atoms with van der Waals surface area (Å²) in [7, 11) is 0. The Hall–Kier alpha value is -7.00. The van der Waals surface area contributed by atoms with Gasteiger partial charge in [-0.25, -0.2) is 0 Å². The average molecular weight is 732 g/mol. The molecule has 0 N–H and O–H groups in total. The van der Waals surface area contributed by atoms with Crippen molar-refractivity contribution >= 4 is 48.6 Å². The van der Waals surface area contributed by atoms with Gasteiger partial charge in [-0.2, -0.15) is 0 Å². The first-order valence-corrected chi connectivity index (χ1v) is 19.9. The van der Waals surface area contributed by atoms with Gasteiger partial charge < -0.3 is 4.90 Å². The summed E-state index contributed by atoms with van der Waals surface area (Å²) in [6.07, 6.45) is 0. The molecular weight excluding hydrogens is 695 g/mol. The zero-order chi connectivity index (χ0) is 37.3. The Kier molecular flexibility index (Phi) is 8.79. The number of para-hydroxylation sites is 2. The highest BCUT2D eigenvalue weighted by molar-refractivity contribution is 7.26. The fraction of sp³-hybridized carbons (Fsp3) is 0. The maximum Gasteiger partial charge on any atom is 0.0640 e. The molecule has 0 spiro atoms. The van der Waals surface area contributed by atoms with Crippen LogP contribution in [-0.2, 0) is 0 Å². The summed E-state index contributed by atoms with van der Waals surface area (Å²) >= 11 is 1.87. The second-order valence-corrected chi connectivity index (χ2v) is 15.1. The topological polar surface area (TPSA) is 3.24 Å². The lowest BCUT2D eigenvalue weighted by molar-refractivity contribution is 1.30. The summed E-state index contributed by atoms with van der Waals surface area (Å²) in [4.78, 5) is 2.51. The van der Waals surface area contributed by atoms with Gasteiger partial charge in [0, 0.05) is 26.6 Å². The zero-order valence-electron chi connectivity index (χ0n) is 30.7. The lowest BCUT2D eigenvalue weighted by atomic mass is 9.88. The van der Waals surface area contributed by atoms with E-state index in [0.717, 1.165) is 17.1 Å². The largest absolute Gasteiger partial charge is 0.308 e. The molecule has 0 radical (unpaired) electrons. The predicted molar refractivity (Wildman–Crippen MR) is 241 cm³/mol. The third-order valence-corrected chi connectivity index (χ3v) is 11.9. The molecule has 0 bridgehead atoms. The van der Waals surface area contributed by atoms with Crippen LogP contribution in [0.3, 0.4) is 0 Å². The highest BCUT2D eigenvalue weighted by Crippen LogP contribution is 2.50. The molecule has 2 heteroatoms. The van der Waals surface area contributed by atoms with E-state index in [4.69, 9.17) is 0 Å². The van der Waals surface area contributed by atoms with Gasteiger partial charge in [-0.15, -0.1) is 11.3 Å². The van der Waals surface area contributed by atoms with Crippen LogP contribution in [0, 0.1) is 0 Å². The minimum Gasteiger partial charge on any atom is -0.308 e. The number of hydrogen-bond donors (Lipinski definition) is 0. The molecule has 10 aromatic rings. The molecule has 0 aliphatic carbocycles. The number of fused-ring (bicyclic) bond motifs is 3. The van der Waals surface area contributed by atoms with Crippen molar-refractivity contribution in [1.82, 2.24) is 0 Å². The Morgan fingerprint density at radius 2 is 0.661 bits per heavy atom. The summed E-state index contributed by atoms with van der Waals surface area (Å²) in [5.41, 5.74) is 15.3. The molecule has 1 heterocycles. The fourth-order valence-electron chi connectivity index (χ4n) is 8.12. The maximum absolute atomic E-state index is 2.51. The Morgan fingerprint density at radius 1 is 0.250 bits per heavy atom. The summed E-state index contributed by atoms with van der Waals surface area (Å²) in [6.45, 7) is 0. The minimum absolute atomic E-state index is 1.12. The molecule has 56 heavy (non-hydrogen) atoms. The lowest BCUT2D eigenvalue weighted by Crippen LogP contribution is -2.12. The summed E-state index contributed by atoms with van der Waals surface area (Å²) < 4.78 is 2.55. The van der Waals surface area contributed by atoms with Crippen molar-refractivity contribution in [3.8, 4) is 55.6 Å². The van der Waals surface area contributed by atoms with Crippen molar-refractivity contribution in [2.75, 3.05) is 4.90 Å². The Bertz CT molecular complexity index is 2960. The lowest BCUT2D eigenvalue weighted by Gasteiger charge is -2.30. The summed E-state index contributed by atoms with van der Waals surface area (Å²) in [5, 5.41) is 2.56. The highest BCUT2D eigenvalue weighted by Gasteiger charge is 2.24. The van der Waals surface area contributed by atoms with Crippen molar-refractivity contribution in [2.45, 2.75) is 0 Å². The highest BCUT2D eigenvalue weighted by atomic mass is 32.1. The number of anilines is 3. The Balaban J connectivity index is 1.21. The minimum atomic E-state index is 1.12. The second kappa shape index (κ2) is 14.7. The van der Waals surface area contributed by atoms with Crippen LogP contribution in [-0.4, -0.2) is 0 Å². The van der Waals surface area contributed by atoms with E-state index in [-0.39, 0.29) is 0 Å². The van der Waals surface area contributed by atoms with Crippen LogP contribution in [0.25, 0.3) is 75.8 Å². The van der Waals surface area contributed by atoms with Crippen LogP contribution in [0.15, 0.2) is 224 Å². The van der Waals surface area contributed by atoms with E-state index in [1.807, 2.05) is 11.3 Å². The van der Waals surface area contributed by atoms with E-state index in [2.05, 4.69) is 229 Å². The van der Waals surface area contributed by atoms with Gasteiger partial charge in [-0.3, -0.25) is 0 Å². The van der Waals surface area contributed by atoms with Gasteiger partial charge in [0.1, 0.15) is 0 Å². The normalized spacial score (nSPS) is 11.2. The van der Waals surface area contributed by atoms with Gasteiger partial charge in [0.25, 0.3) is 0 Å². The molecule has 10 rings (SSSR count). The van der Waals surface area contributed by atoms with Crippen molar-refractivity contribution in [1.29, 1.82) is 0 Å². The molecule has 264 valence electrons. The van der Waals surface area contributed by atoms with E-state index in [1.54, 1.807) is 0 Å². The van der Waals surface area contributed by atoms with E-state index in [1.165, 1.54) is 75.8 Å². The Morgan fingerprint density at radius 3 is 1.36 bits per heavy atom. The summed E-state index contributed by atoms with van der Waals surface area (Å²) in [6, 6.07) is 81.3. The molecule has 0 aliphatic rings. The van der Waals surface area contributed by atoms with Crippen molar-refractivity contribution < 1.29 is 0 Å². The first kappa shape index (κ1) is 33.6. The van der Waals surface area contributed by atoms with E-state index < -0.39 is 0 Å². The van der Waals surface area contributed by atoms with Gasteiger partial charge in [-0.1, -0.05) is 200 Å². The SMILES string of the molecule is c1ccc(-c2ccc(-c3ccccc3N(c3ccccc3-c3ccccc3-c3ccccc3-c3ccccc3)c3cccc4c3sc3ccccc34)cc2)cc1. The molecular formula is C54H37NS. The Labute approximate surface area is 332 Å². The smallest absolute Gasteiger partial charge is 0.0640 e. The number of benzene rings is 9. The third kappa shape index (κ3) is 6.07. The van der Waals surface area contributed by atoms with Crippen LogP contribution in [0.4, 0.5) is 17.1 Å². The monoisotopic (exact) mass is 731 g/mol. The molecule has 0 unspecified atom stereocenters. The molecule has 0 amide bonds. The van der Waals surface area contributed by atoms with Crippen LogP contribution in [0.2, 0.25) is 0 Å². The average Bonchev–Trinajstić information content (AvgIpc) is 3.67. The van der Waals surface area contributed by atoms with Crippen molar-refractivity contribution in [3.05, 3.63) is 224 Å². The van der Waals surface area contributed by atoms with Crippen LogP contribution in [0.5, 0.6) is 0 Å². The van der Waals surface area contributed by atoms with Gasteiger partial charge in [0.2, 0.25) is 0 Å². The standard InChI is InChI=1S/C54H37NS/c1-3-18-38(19-4-1)39-34-36-41(37-35-39)43-23-11-14-30-50(43)55(52-32-17-29-49-48-28-13-16-33-53(48)56-54(49)52)51-31-15-12-27-47(51)46-26-10-9-25-45(46)44-24-8-7-22-42(44)40-20-5-2-6-21-40/h1-37H. The molecule has 0 saturated carbocycles. The quantitative estimate of drug-likeness (QED) is 0.150.